The highest BCUT2D eigenvalue weighted by molar-refractivity contribution is 7.09. The minimum atomic E-state index is 0.0256. The molecule has 0 saturated heterocycles. The summed E-state index contributed by atoms with van der Waals surface area (Å²) in [5.74, 6) is 0.841. The fourth-order valence-corrected chi connectivity index (χ4v) is 2.25. The van der Waals surface area contributed by atoms with E-state index in [0.29, 0.717) is 0 Å². The van der Waals surface area contributed by atoms with Crippen LogP contribution in [0.4, 0.5) is 0 Å². The average Bonchev–Trinajstić information content (AvgIpc) is 2.74. The number of guanidine groups is 1. The van der Waals surface area contributed by atoms with Crippen LogP contribution < -0.4 is 10.6 Å². The molecule has 0 aliphatic rings. The minimum absolute atomic E-state index is 0.0256. The standard InChI is InChI=1S/C13H24N4S/c1-6-11-16-10(9-18-11)7-8-15-12(14-5)17-13(2,3)4/h9H,6-8H2,1-5H3,(H2,14,15,17). The van der Waals surface area contributed by atoms with E-state index in [9.17, 15) is 0 Å². The molecule has 0 saturated carbocycles. The van der Waals surface area contributed by atoms with E-state index in [1.807, 2.05) is 0 Å². The first-order valence-electron chi connectivity index (χ1n) is 6.36. The second-order valence-electron chi connectivity index (χ2n) is 5.21. The molecule has 0 radical (unpaired) electrons. The Balaban J connectivity index is 2.36. The third kappa shape index (κ3) is 5.49. The van der Waals surface area contributed by atoms with Crippen LogP contribution in [-0.2, 0) is 12.8 Å². The normalized spacial score (nSPS) is 12.6. The second kappa shape index (κ2) is 6.73. The van der Waals surface area contributed by atoms with E-state index in [0.717, 1.165) is 31.0 Å². The molecular formula is C13H24N4S. The maximum Gasteiger partial charge on any atom is 0.191 e. The third-order valence-corrected chi connectivity index (χ3v) is 3.33. The zero-order chi connectivity index (χ0) is 13.6. The molecule has 1 rings (SSSR count). The number of hydrogen-bond acceptors (Lipinski definition) is 3. The molecule has 0 spiro atoms. The van der Waals surface area contributed by atoms with Crippen LogP contribution in [0.25, 0.3) is 0 Å². The Kier molecular flexibility index (Phi) is 5.59. The van der Waals surface area contributed by atoms with Gasteiger partial charge in [-0.05, 0) is 27.2 Å². The first-order valence-corrected chi connectivity index (χ1v) is 7.24. The van der Waals surface area contributed by atoms with Crippen LogP contribution in [0.5, 0.6) is 0 Å². The van der Waals surface area contributed by atoms with Gasteiger partial charge >= 0.3 is 0 Å². The van der Waals surface area contributed by atoms with E-state index in [-0.39, 0.29) is 5.54 Å². The van der Waals surface area contributed by atoms with Crippen molar-refractivity contribution in [3.8, 4) is 0 Å². The predicted molar refractivity (Wildman–Crippen MR) is 79.4 cm³/mol. The Hall–Kier alpha value is -1.10. The first-order chi connectivity index (χ1) is 8.44. The first kappa shape index (κ1) is 15.0. The molecule has 18 heavy (non-hydrogen) atoms. The van der Waals surface area contributed by atoms with Gasteiger partial charge in [-0.25, -0.2) is 4.98 Å². The quantitative estimate of drug-likeness (QED) is 0.650. The van der Waals surface area contributed by atoms with Crippen molar-refractivity contribution in [2.24, 2.45) is 4.99 Å². The van der Waals surface area contributed by atoms with E-state index in [1.54, 1.807) is 18.4 Å². The molecular weight excluding hydrogens is 244 g/mol. The number of thiazole rings is 1. The number of hydrogen-bond donors (Lipinski definition) is 2. The molecule has 0 aromatic carbocycles. The number of nitrogens with zero attached hydrogens (tertiary/aromatic N) is 2. The Morgan fingerprint density at radius 3 is 2.67 bits per heavy atom. The summed E-state index contributed by atoms with van der Waals surface area (Å²) in [5, 5.41) is 9.98. The summed E-state index contributed by atoms with van der Waals surface area (Å²) < 4.78 is 0. The number of nitrogens with one attached hydrogen (secondary N) is 2. The largest absolute Gasteiger partial charge is 0.356 e. The molecule has 0 amide bonds. The summed E-state index contributed by atoms with van der Waals surface area (Å²) in [6.07, 6.45) is 1.95. The molecule has 0 atom stereocenters. The van der Waals surface area contributed by atoms with Crippen molar-refractivity contribution < 1.29 is 0 Å². The molecule has 4 nitrogen and oxygen atoms in total. The Bertz CT molecular complexity index is 390. The fraction of sp³-hybridized carbons (Fsp3) is 0.692. The molecule has 102 valence electrons. The molecule has 1 aromatic heterocycles. The van der Waals surface area contributed by atoms with Crippen molar-refractivity contribution in [3.63, 3.8) is 0 Å². The number of aliphatic imine (C=N–C) groups is 1. The molecule has 0 fully saturated rings. The molecule has 0 aliphatic carbocycles. The molecule has 1 aromatic rings. The number of aryl methyl sites for hydroxylation is 1. The SMILES string of the molecule is CCc1nc(CCNC(=NC)NC(C)(C)C)cs1. The van der Waals surface area contributed by atoms with E-state index >= 15 is 0 Å². The predicted octanol–water partition coefficient (Wildman–Crippen LogP) is 2.21. The lowest BCUT2D eigenvalue weighted by Gasteiger charge is -2.23. The fourth-order valence-electron chi connectivity index (χ4n) is 1.47. The zero-order valence-corrected chi connectivity index (χ0v) is 12.8. The summed E-state index contributed by atoms with van der Waals surface area (Å²) in [7, 11) is 1.79. The van der Waals surface area contributed by atoms with E-state index in [2.05, 4.69) is 53.7 Å². The molecule has 0 unspecified atom stereocenters. The molecule has 1 heterocycles. The lowest BCUT2D eigenvalue weighted by atomic mass is 10.1. The maximum absolute atomic E-state index is 4.54. The lowest BCUT2D eigenvalue weighted by molar-refractivity contribution is 0.501. The van der Waals surface area contributed by atoms with Crippen molar-refractivity contribution in [1.29, 1.82) is 0 Å². The number of rotatable bonds is 4. The van der Waals surface area contributed by atoms with Crippen LogP contribution in [0.1, 0.15) is 38.4 Å². The summed E-state index contributed by atoms with van der Waals surface area (Å²) in [6.45, 7) is 9.34. The maximum atomic E-state index is 4.54. The molecule has 0 aliphatic heterocycles. The smallest absolute Gasteiger partial charge is 0.191 e. The van der Waals surface area contributed by atoms with Crippen LogP contribution in [0, 0.1) is 0 Å². The average molecular weight is 268 g/mol. The topological polar surface area (TPSA) is 49.3 Å². The highest BCUT2D eigenvalue weighted by Crippen LogP contribution is 2.10. The van der Waals surface area contributed by atoms with Crippen LogP contribution in [0.3, 0.4) is 0 Å². The highest BCUT2D eigenvalue weighted by atomic mass is 32.1. The van der Waals surface area contributed by atoms with Gasteiger partial charge in [0.1, 0.15) is 0 Å². The van der Waals surface area contributed by atoms with Gasteiger partial charge < -0.3 is 10.6 Å². The lowest BCUT2D eigenvalue weighted by Crippen LogP contribution is -2.48. The number of aromatic nitrogens is 1. The van der Waals surface area contributed by atoms with Gasteiger partial charge in [0, 0.05) is 30.9 Å². The van der Waals surface area contributed by atoms with Gasteiger partial charge in [-0.1, -0.05) is 6.92 Å². The van der Waals surface area contributed by atoms with Crippen molar-refractivity contribution in [2.75, 3.05) is 13.6 Å². The van der Waals surface area contributed by atoms with Gasteiger partial charge in [-0.15, -0.1) is 11.3 Å². The summed E-state index contributed by atoms with van der Waals surface area (Å²) in [4.78, 5) is 8.75. The molecule has 5 heteroatoms. The van der Waals surface area contributed by atoms with Crippen molar-refractivity contribution in [2.45, 2.75) is 46.1 Å². The monoisotopic (exact) mass is 268 g/mol. The summed E-state index contributed by atoms with van der Waals surface area (Å²) >= 11 is 1.74. The second-order valence-corrected chi connectivity index (χ2v) is 6.15. The third-order valence-electron chi connectivity index (χ3n) is 2.29. The van der Waals surface area contributed by atoms with Crippen LogP contribution in [0.2, 0.25) is 0 Å². The van der Waals surface area contributed by atoms with Gasteiger partial charge in [0.05, 0.1) is 10.7 Å². The van der Waals surface area contributed by atoms with E-state index in [1.165, 1.54) is 5.01 Å². The minimum Gasteiger partial charge on any atom is -0.356 e. The summed E-state index contributed by atoms with van der Waals surface area (Å²) in [5.41, 5.74) is 1.19. The van der Waals surface area contributed by atoms with Gasteiger partial charge in [-0.2, -0.15) is 0 Å². The Labute approximate surface area is 114 Å². The van der Waals surface area contributed by atoms with Gasteiger partial charge in [-0.3, -0.25) is 4.99 Å². The van der Waals surface area contributed by atoms with Crippen molar-refractivity contribution in [1.82, 2.24) is 15.6 Å². The van der Waals surface area contributed by atoms with Gasteiger partial charge in [0.25, 0.3) is 0 Å². The Morgan fingerprint density at radius 2 is 2.17 bits per heavy atom. The van der Waals surface area contributed by atoms with Gasteiger partial charge in [0.15, 0.2) is 5.96 Å². The molecule has 2 N–H and O–H groups in total. The van der Waals surface area contributed by atoms with E-state index in [4.69, 9.17) is 0 Å². The van der Waals surface area contributed by atoms with Crippen molar-refractivity contribution >= 4 is 17.3 Å². The highest BCUT2D eigenvalue weighted by Gasteiger charge is 2.11. The summed E-state index contributed by atoms with van der Waals surface area (Å²) in [6, 6.07) is 0. The zero-order valence-electron chi connectivity index (χ0n) is 12.0. The van der Waals surface area contributed by atoms with Crippen LogP contribution in [-0.4, -0.2) is 30.1 Å². The van der Waals surface area contributed by atoms with E-state index < -0.39 is 0 Å². The van der Waals surface area contributed by atoms with Crippen molar-refractivity contribution in [3.05, 3.63) is 16.1 Å². The molecule has 0 bridgehead atoms. The van der Waals surface area contributed by atoms with Crippen LogP contribution >= 0.6 is 11.3 Å². The van der Waals surface area contributed by atoms with Crippen LogP contribution in [0.15, 0.2) is 10.4 Å². The van der Waals surface area contributed by atoms with Gasteiger partial charge in [0.2, 0.25) is 0 Å². The Morgan fingerprint density at radius 1 is 1.44 bits per heavy atom.